The predicted octanol–water partition coefficient (Wildman–Crippen LogP) is 5.30. The van der Waals surface area contributed by atoms with Crippen LogP contribution in [0.25, 0.3) is 11.8 Å². The lowest BCUT2D eigenvalue weighted by atomic mass is 9.89. The maximum absolute atomic E-state index is 12.1. The van der Waals surface area contributed by atoms with Gasteiger partial charge in [0.25, 0.3) is 0 Å². The van der Waals surface area contributed by atoms with Crippen LogP contribution in [0.3, 0.4) is 0 Å². The summed E-state index contributed by atoms with van der Waals surface area (Å²) in [6.45, 7) is 5.61. The molecular weight excluding hydrogens is 438 g/mol. The highest BCUT2D eigenvalue weighted by atomic mass is 79.9. The largest absolute Gasteiger partial charge is 0.459 e. The molecule has 0 aliphatic heterocycles. The highest BCUT2D eigenvalue weighted by Crippen LogP contribution is 2.45. The molecule has 1 saturated carbocycles. The highest BCUT2D eigenvalue weighted by Gasteiger charge is 2.29. The number of benzene rings is 1. The molecule has 4 rings (SSSR count). The van der Waals surface area contributed by atoms with Crippen LogP contribution in [0.2, 0.25) is 0 Å². The van der Waals surface area contributed by atoms with Crippen molar-refractivity contribution >= 4 is 39.7 Å². The second kappa shape index (κ2) is 7.67. The van der Waals surface area contributed by atoms with Crippen molar-refractivity contribution in [2.24, 2.45) is 0 Å². The first-order chi connectivity index (χ1) is 13.3. The lowest BCUT2D eigenvalue weighted by Crippen LogP contribution is -2.25. The van der Waals surface area contributed by atoms with Crippen LogP contribution < -0.4 is 0 Å². The average molecular weight is 462 g/mol. The van der Waals surface area contributed by atoms with Crippen LogP contribution >= 0.6 is 27.7 Å². The molecule has 5 nitrogen and oxygen atoms in total. The number of allylic oxidation sites excluding steroid dienone is 1. The molecule has 0 amide bonds. The van der Waals surface area contributed by atoms with Crippen LogP contribution in [0, 0.1) is 0 Å². The number of carbonyl (C=O) groups is 1. The van der Waals surface area contributed by atoms with E-state index < -0.39 is 5.60 Å². The third-order valence-corrected chi connectivity index (χ3v) is 6.22. The van der Waals surface area contributed by atoms with Gasteiger partial charge in [0.05, 0.1) is 11.4 Å². The van der Waals surface area contributed by atoms with Gasteiger partial charge in [0.2, 0.25) is 4.73 Å². The average Bonchev–Trinajstić information content (AvgIpc) is 3.41. The van der Waals surface area contributed by atoms with Crippen molar-refractivity contribution in [3.63, 3.8) is 0 Å². The van der Waals surface area contributed by atoms with Crippen molar-refractivity contribution in [1.82, 2.24) is 14.8 Å². The fourth-order valence-electron chi connectivity index (χ4n) is 3.58. The van der Waals surface area contributed by atoms with E-state index in [2.05, 4.69) is 50.4 Å². The third-order valence-electron chi connectivity index (χ3n) is 4.81. The molecule has 148 valence electrons. The van der Waals surface area contributed by atoms with Gasteiger partial charge in [-0.05, 0) is 85.5 Å². The number of nitrogens with zero attached hydrogens (tertiary/aromatic N) is 3. The normalized spacial score (nSPS) is 16.1. The van der Waals surface area contributed by atoms with E-state index in [1.807, 2.05) is 25.3 Å². The minimum absolute atomic E-state index is 0.195. The quantitative estimate of drug-likeness (QED) is 0.446. The van der Waals surface area contributed by atoms with Gasteiger partial charge in [0, 0.05) is 5.56 Å². The number of esters is 1. The summed E-state index contributed by atoms with van der Waals surface area (Å²) in [5.74, 6) is 0.662. The summed E-state index contributed by atoms with van der Waals surface area (Å²) >= 11 is 4.88. The zero-order valence-electron chi connectivity index (χ0n) is 16.4. The van der Waals surface area contributed by atoms with E-state index in [1.165, 1.54) is 41.3 Å². The molecule has 0 saturated heterocycles. The Morgan fingerprint density at radius 2 is 2.11 bits per heavy atom. The topological polar surface area (TPSA) is 57.0 Å². The van der Waals surface area contributed by atoms with Gasteiger partial charge in [-0.1, -0.05) is 30.0 Å². The van der Waals surface area contributed by atoms with Gasteiger partial charge in [-0.25, -0.2) is 0 Å². The Balaban J connectivity index is 1.65. The molecule has 1 fully saturated rings. The molecule has 2 aromatic rings. The predicted molar refractivity (Wildman–Crippen MR) is 115 cm³/mol. The van der Waals surface area contributed by atoms with Crippen LogP contribution in [0.5, 0.6) is 0 Å². The summed E-state index contributed by atoms with van der Waals surface area (Å²) < 4.78 is 8.04. The standard InChI is InChI=1S/C21H24BrN3O2S/c1-21(2,3)27-18(26)12-28-20-24-23-19(22)25(20)17-11-10-14(13-8-9-13)15-6-4-5-7-16(15)17/h5,7,10-11,13H,4,6,8-9,12H2,1-3H3. The number of thioether (sulfide) groups is 1. The first kappa shape index (κ1) is 19.7. The van der Waals surface area contributed by atoms with Gasteiger partial charge in [-0.3, -0.25) is 9.36 Å². The number of carbonyl (C=O) groups excluding carboxylic acids is 1. The lowest BCUT2D eigenvalue weighted by molar-refractivity contribution is -0.151. The van der Waals surface area contributed by atoms with Gasteiger partial charge in [-0.15, -0.1) is 10.2 Å². The van der Waals surface area contributed by atoms with Crippen molar-refractivity contribution in [2.45, 2.75) is 63.1 Å². The molecule has 2 aliphatic rings. The second-order valence-corrected chi connectivity index (χ2v) is 9.90. The number of hydrogen-bond donors (Lipinski definition) is 0. The summed E-state index contributed by atoms with van der Waals surface area (Å²) in [7, 11) is 0. The molecule has 7 heteroatoms. The Hall–Kier alpha value is -1.60. The molecule has 0 unspecified atom stereocenters. The van der Waals surface area contributed by atoms with Gasteiger partial charge in [0.1, 0.15) is 5.60 Å². The SMILES string of the molecule is CC(C)(C)OC(=O)CSc1nnc(Br)n1-c1ccc(C2CC2)c2c1C=CCC2. The fourth-order valence-corrected chi connectivity index (χ4v) is 4.85. The van der Waals surface area contributed by atoms with Crippen molar-refractivity contribution < 1.29 is 9.53 Å². The minimum Gasteiger partial charge on any atom is -0.459 e. The first-order valence-corrected chi connectivity index (χ1v) is 11.4. The molecule has 0 N–H and O–H groups in total. The van der Waals surface area contributed by atoms with Gasteiger partial charge < -0.3 is 4.74 Å². The fraction of sp³-hybridized carbons (Fsp3) is 0.476. The number of rotatable bonds is 5. The Bertz CT molecular complexity index is 942. The zero-order valence-corrected chi connectivity index (χ0v) is 18.8. The Labute approximate surface area is 178 Å². The zero-order chi connectivity index (χ0) is 19.9. The maximum atomic E-state index is 12.1. The van der Waals surface area contributed by atoms with Crippen LogP contribution in [0.4, 0.5) is 0 Å². The van der Waals surface area contributed by atoms with E-state index >= 15 is 0 Å². The lowest BCUT2D eigenvalue weighted by Gasteiger charge is -2.21. The van der Waals surface area contributed by atoms with Crippen molar-refractivity contribution in [3.8, 4) is 5.69 Å². The van der Waals surface area contributed by atoms with E-state index in [0.717, 1.165) is 24.4 Å². The first-order valence-electron chi connectivity index (χ1n) is 9.62. The maximum Gasteiger partial charge on any atom is 0.316 e. The molecule has 0 atom stereocenters. The van der Waals surface area contributed by atoms with Crippen LogP contribution in [-0.2, 0) is 16.0 Å². The molecule has 0 bridgehead atoms. The van der Waals surface area contributed by atoms with Crippen molar-refractivity contribution in [1.29, 1.82) is 0 Å². The Morgan fingerprint density at radius 1 is 1.32 bits per heavy atom. The van der Waals surface area contributed by atoms with E-state index in [0.29, 0.717) is 9.89 Å². The number of fused-ring (bicyclic) bond motifs is 1. The number of hydrogen-bond acceptors (Lipinski definition) is 5. The second-order valence-electron chi connectivity index (χ2n) is 8.24. The molecule has 0 radical (unpaired) electrons. The van der Waals surface area contributed by atoms with E-state index in [4.69, 9.17) is 4.74 Å². The third kappa shape index (κ3) is 4.20. The van der Waals surface area contributed by atoms with Crippen LogP contribution in [0.1, 0.15) is 62.6 Å². The molecular formula is C21H24BrN3O2S. The van der Waals surface area contributed by atoms with Crippen LogP contribution in [-0.4, -0.2) is 32.1 Å². The molecule has 2 aliphatic carbocycles. The van der Waals surface area contributed by atoms with Gasteiger partial charge in [-0.2, -0.15) is 0 Å². The number of aromatic nitrogens is 3. The van der Waals surface area contributed by atoms with E-state index in [1.54, 1.807) is 0 Å². The molecule has 0 spiro atoms. The summed E-state index contributed by atoms with van der Waals surface area (Å²) in [6.07, 6.45) is 9.19. The Morgan fingerprint density at radius 3 is 2.82 bits per heavy atom. The summed E-state index contributed by atoms with van der Waals surface area (Å²) in [6, 6.07) is 4.42. The van der Waals surface area contributed by atoms with Gasteiger partial charge >= 0.3 is 5.97 Å². The van der Waals surface area contributed by atoms with E-state index in [9.17, 15) is 4.79 Å². The number of ether oxygens (including phenoxy) is 1. The van der Waals surface area contributed by atoms with Gasteiger partial charge in [0.15, 0.2) is 5.16 Å². The number of halogens is 1. The molecule has 1 aromatic carbocycles. The van der Waals surface area contributed by atoms with Crippen LogP contribution in [0.15, 0.2) is 28.1 Å². The molecule has 1 heterocycles. The van der Waals surface area contributed by atoms with Crippen molar-refractivity contribution in [2.75, 3.05) is 5.75 Å². The molecule has 28 heavy (non-hydrogen) atoms. The monoisotopic (exact) mass is 461 g/mol. The highest BCUT2D eigenvalue weighted by molar-refractivity contribution is 9.10. The Kier molecular flexibility index (Phi) is 5.40. The van der Waals surface area contributed by atoms with Crippen molar-refractivity contribution in [3.05, 3.63) is 39.6 Å². The summed E-state index contributed by atoms with van der Waals surface area (Å²) in [5.41, 5.74) is 4.75. The smallest absolute Gasteiger partial charge is 0.316 e. The minimum atomic E-state index is -0.492. The molecule has 1 aromatic heterocycles. The summed E-state index contributed by atoms with van der Waals surface area (Å²) in [5, 5.41) is 9.15. The summed E-state index contributed by atoms with van der Waals surface area (Å²) in [4.78, 5) is 12.1. The van der Waals surface area contributed by atoms with E-state index in [-0.39, 0.29) is 11.7 Å².